The highest BCUT2D eigenvalue weighted by Crippen LogP contribution is 2.32. The Morgan fingerprint density at radius 2 is 1.51 bits per heavy atom. The van der Waals surface area contributed by atoms with Gasteiger partial charge in [0.15, 0.2) is 18.2 Å². The fourth-order valence-electron chi connectivity index (χ4n) is 3.60. The fourth-order valence-corrected chi connectivity index (χ4v) is 3.60. The van der Waals surface area contributed by atoms with Crippen molar-refractivity contribution in [1.29, 1.82) is 0 Å². The van der Waals surface area contributed by atoms with Crippen molar-refractivity contribution < 1.29 is 37.1 Å². The summed E-state index contributed by atoms with van der Waals surface area (Å²) in [4.78, 5) is 50.0. The number of ether oxygens (including phenoxy) is 1. The zero-order valence-electron chi connectivity index (χ0n) is 17.9. The van der Waals surface area contributed by atoms with Crippen LogP contribution in [0, 0.1) is 0 Å². The van der Waals surface area contributed by atoms with Gasteiger partial charge in [-0.15, -0.1) is 0 Å². The Kier molecular flexibility index (Phi) is 6.33. The molecule has 0 aromatic heterocycles. The van der Waals surface area contributed by atoms with Gasteiger partial charge >= 0.3 is 12.1 Å². The predicted octanol–water partition coefficient (Wildman–Crippen LogP) is 4.68. The number of carbonyl (C=O) groups excluding carboxylic acids is 4. The summed E-state index contributed by atoms with van der Waals surface area (Å²) < 4.78 is 43.2. The van der Waals surface area contributed by atoms with E-state index in [2.05, 4.69) is 5.32 Å². The minimum absolute atomic E-state index is 0.0420. The van der Waals surface area contributed by atoms with E-state index in [1.54, 1.807) is 18.2 Å². The molecule has 0 spiro atoms. The number of hydrogen-bond donors (Lipinski definition) is 1. The third-order valence-electron chi connectivity index (χ3n) is 5.20. The van der Waals surface area contributed by atoms with Crippen LogP contribution in [0.15, 0.2) is 72.8 Å². The van der Waals surface area contributed by atoms with E-state index in [4.69, 9.17) is 4.74 Å². The van der Waals surface area contributed by atoms with Crippen molar-refractivity contribution >= 4 is 35.2 Å². The smallest absolute Gasteiger partial charge is 0.416 e. The van der Waals surface area contributed by atoms with E-state index in [0.717, 1.165) is 24.3 Å². The monoisotopic (exact) mass is 479 g/mol. The van der Waals surface area contributed by atoms with Crippen LogP contribution in [0.4, 0.5) is 18.9 Å². The van der Waals surface area contributed by atoms with Gasteiger partial charge in [0.05, 0.1) is 16.8 Å². The molecule has 0 heterocycles. The first-order valence-electron chi connectivity index (χ1n) is 10.3. The second kappa shape index (κ2) is 9.38. The zero-order chi connectivity index (χ0) is 25.2. The minimum atomic E-state index is -4.52. The van der Waals surface area contributed by atoms with Gasteiger partial charge in [-0.3, -0.25) is 14.4 Å². The van der Waals surface area contributed by atoms with Crippen LogP contribution < -0.4 is 5.32 Å². The molecule has 4 rings (SSSR count). The van der Waals surface area contributed by atoms with Crippen LogP contribution in [0.25, 0.3) is 6.08 Å². The molecule has 6 nitrogen and oxygen atoms in total. The molecule has 0 unspecified atom stereocenters. The number of nitrogens with one attached hydrogen (secondary N) is 1. The van der Waals surface area contributed by atoms with Gasteiger partial charge in [0.25, 0.3) is 5.91 Å². The van der Waals surface area contributed by atoms with Crippen LogP contribution in [0.3, 0.4) is 0 Å². The molecule has 0 saturated heterocycles. The standard InChI is InChI=1S/C26H16F3NO5/c27-26(28,29)16-6-3-5-15(13-16)11-12-22(32)35-14-21(31)30-20-10-4-9-19-23(20)25(34)18-8-2-1-7-17(18)24(19)33/h1-13H,14H2,(H,30,31)/b12-11+. The Balaban J connectivity index is 1.41. The maximum Gasteiger partial charge on any atom is 0.416 e. The summed E-state index contributed by atoms with van der Waals surface area (Å²) in [7, 11) is 0. The van der Waals surface area contributed by atoms with Gasteiger partial charge in [-0.05, 0) is 29.8 Å². The van der Waals surface area contributed by atoms with E-state index < -0.39 is 36.0 Å². The molecule has 3 aromatic carbocycles. The van der Waals surface area contributed by atoms with Crippen LogP contribution in [-0.2, 0) is 20.5 Å². The summed E-state index contributed by atoms with van der Waals surface area (Å²) in [5, 5.41) is 2.47. The maximum absolute atomic E-state index is 13.0. The number of benzene rings is 3. The second-order valence-corrected chi connectivity index (χ2v) is 7.54. The number of rotatable bonds is 5. The molecule has 1 aliphatic rings. The first-order chi connectivity index (χ1) is 16.6. The minimum Gasteiger partial charge on any atom is -0.452 e. The van der Waals surface area contributed by atoms with Crippen LogP contribution in [0.5, 0.6) is 0 Å². The SMILES string of the molecule is O=C(COC(=O)/C=C/c1cccc(C(F)(F)F)c1)Nc1cccc2c1C(=O)c1ccccc1C2=O. The molecule has 1 aliphatic carbocycles. The lowest BCUT2D eigenvalue weighted by molar-refractivity contribution is -0.142. The van der Waals surface area contributed by atoms with Gasteiger partial charge in [0.2, 0.25) is 0 Å². The molecule has 35 heavy (non-hydrogen) atoms. The van der Waals surface area contributed by atoms with Gasteiger partial charge in [-0.25, -0.2) is 4.79 Å². The van der Waals surface area contributed by atoms with Crippen LogP contribution in [0.2, 0.25) is 0 Å². The van der Waals surface area contributed by atoms with E-state index in [1.165, 1.54) is 36.4 Å². The lowest BCUT2D eigenvalue weighted by atomic mass is 9.83. The van der Waals surface area contributed by atoms with Crippen LogP contribution in [-0.4, -0.2) is 30.0 Å². The van der Waals surface area contributed by atoms with Crippen molar-refractivity contribution in [3.63, 3.8) is 0 Å². The number of fused-ring (bicyclic) bond motifs is 2. The number of anilines is 1. The quantitative estimate of drug-likeness (QED) is 0.332. The Morgan fingerprint density at radius 1 is 0.857 bits per heavy atom. The van der Waals surface area contributed by atoms with Gasteiger partial charge in [0, 0.05) is 22.8 Å². The van der Waals surface area contributed by atoms with E-state index >= 15 is 0 Å². The summed E-state index contributed by atoms with van der Waals surface area (Å²) in [5.41, 5.74) is 0.0337. The van der Waals surface area contributed by atoms with Crippen molar-refractivity contribution in [2.24, 2.45) is 0 Å². The summed E-state index contributed by atoms with van der Waals surface area (Å²) in [5.74, 6) is -2.49. The molecule has 0 atom stereocenters. The predicted molar refractivity (Wildman–Crippen MR) is 120 cm³/mol. The number of ketones is 2. The van der Waals surface area contributed by atoms with Crippen molar-refractivity contribution in [3.8, 4) is 0 Å². The van der Waals surface area contributed by atoms with E-state index in [0.29, 0.717) is 0 Å². The summed E-state index contributed by atoms with van der Waals surface area (Å²) in [6.07, 6.45) is -2.50. The van der Waals surface area contributed by atoms with Crippen molar-refractivity contribution in [3.05, 3.63) is 106 Å². The lowest BCUT2D eigenvalue weighted by Crippen LogP contribution is -2.25. The number of alkyl halides is 3. The topological polar surface area (TPSA) is 89.5 Å². The van der Waals surface area contributed by atoms with E-state index in [9.17, 15) is 32.3 Å². The van der Waals surface area contributed by atoms with Gasteiger partial charge in [-0.2, -0.15) is 13.2 Å². The molecule has 0 bridgehead atoms. The Bertz CT molecular complexity index is 1390. The highest BCUT2D eigenvalue weighted by Gasteiger charge is 2.32. The molecule has 9 heteroatoms. The largest absolute Gasteiger partial charge is 0.452 e. The van der Waals surface area contributed by atoms with Gasteiger partial charge in [0.1, 0.15) is 0 Å². The van der Waals surface area contributed by atoms with Crippen molar-refractivity contribution in [2.75, 3.05) is 11.9 Å². The van der Waals surface area contributed by atoms with Crippen molar-refractivity contribution in [2.45, 2.75) is 6.18 Å². The van der Waals surface area contributed by atoms with Crippen LogP contribution >= 0.6 is 0 Å². The molecule has 3 aromatic rings. The average molecular weight is 479 g/mol. The highest BCUT2D eigenvalue weighted by molar-refractivity contribution is 6.30. The Morgan fingerprint density at radius 3 is 2.23 bits per heavy atom. The number of halogens is 3. The molecule has 0 aliphatic heterocycles. The number of carbonyl (C=O) groups is 4. The summed E-state index contributed by atoms with van der Waals surface area (Å²) in [6, 6.07) is 15.1. The first kappa shape index (κ1) is 23.6. The molecule has 176 valence electrons. The highest BCUT2D eigenvalue weighted by atomic mass is 19.4. The number of amides is 1. The third kappa shape index (κ3) is 5.03. The van der Waals surface area contributed by atoms with Gasteiger partial charge < -0.3 is 10.1 Å². The molecule has 1 amide bonds. The summed E-state index contributed by atoms with van der Waals surface area (Å²) in [6.45, 7) is -0.714. The molecular formula is C26H16F3NO5. The lowest BCUT2D eigenvalue weighted by Gasteiger charge is -2.20. The Labute approximate surface area is 197 Å². The Hall–Kier alpha value is -4.53. The molecule has 1 N–H and O–H groups in total. The molecular weight excluding hydrogens is 463 g/mol. The fraction of sp³-hybridized carbons (Fsp3) is 0.0769. The zero-order valence-corrected chi connectivity index (χ0v) is 17.9. The third-order valence-corrected chi connectivity index (χ3v) is 5.20. The molecule has 0 radical (unpaired) electrons. The van der Waals surface area contributed by atoms with Crippen LogP contribution in [0.1, 0.15) is 43.0 Å². The normalized spacial score (nSPS) is 12.8. The molecule has 0 fully saturated rings. The average Bonchev–Trinajstić information content (AvgIpc) is 2.84. The first-order valence-corrected chi connectivity index (χ1v) is 10.3. The number of esters is 1. The maximum atomic E-state index is 13.0. The molecule has 0 saturated carbocycles. The van der Waals surface area contributed by atoms with E-state index in [1.807, 2.05) is 0 Å². The summed E-state index contributed by atoms with van der Waals surface area (Å²) >= 11 is 0. The van der Waals surface area contributed by atoms with E-state index in [-0.39, 0.29) is 39.3 Å². The second-order valence-electron chi connectivity index (χ2n) is 7.54. The van der Waals surface area contributed by atoms with Crippen molar-refractivity contribution in [1.82, 2.24) is 0 Å². The number of hydrogen-bond acceptors (Lipinski definition) is 5. The van der Waals surface area contributed by atoms with Gasteiger partial charge in [-0.1, -0.05) is 48.5 Å².